The lowest BCUT2D eigenvalue weighted by atomic mass is 10.1. The summed E-state index contributed by atoms with van der Waals surface area (Å²) in [5, 5.41) is 22.6. The molecule has 0 saturated carbocycles. The fourth-order valence-electron chi connectivity index (χ4n) is 3.86. The van der Waals surface area contributed by atoms with Crippen LogP contribution in [0.2, 0.25) is 0 Å². The molecule has 36 heavy (non-hydrogen) atoms. The molecule has 2 heterocycles. The highest BCUT2D eigenvalue weighted by molar-refractivity contribution is 7.97. The van der Waals surface area contributed by atoms with Crippen LogP contribution in [0.5, 0.6) is 0 Å². The SMILES string of the molecule is NSc1cccc(NC2CCN(S(=O)(=O)c3ccc(CNC(=O)c4ccc([N+](=O)[O-])cc4)s3)CC2)c1. The lowest BCUT2D eigenvalue weighted by molar-refractivity contribution is -0.384. The van der Waals surface area contributed by atoms with Gasteiger partial charge < -0.3 is 10.6 Å². The molecule has 1 saturated heterocycles. The molecule has 1 aliphatic heterocycles. The van der Waals surface area contributed by atoms with Crippen molar-refractivity contribution < 1.29 is 18.1 Å². The summed E-state index contributed by atoms with van der Waals surface area (Å²) in [4.78, 5) is 24.2. The quantitative estimate of drug-likeness (QED) is 0.208. The van der Waals surface area contributed by atoms with Gasteiger partial charge in [-0.2, -0.15) is 4.31 Å². The van der Waals surface area contributed by atoms with Gasteiger partial charge >= 0.3 is 0 Å². The number of nitro benzene ring substituents is 1. The van der Waals surface area contributed by atoms with Gasteiger partial charge in [0.2, 0.25) is 0 Å². The zero-order valence-corrected chi connectivity index (χ0v) is 21.6. The maximum absolute atomic E-state index is 13.2. The molecule has 4 N–H and O–H groups in total. The van der Waals surface area contributed by atoms with E-state index in [1.807, 2.05) is 24.3 Å². The van der Waals surface area contributed by atoms with Crippen LogP contribution in [0.15, 0.2) is 69.8 Å². The number of carbonyl (C=O) groups excluding carboxylic acids is 1. The third kappa shape index (κ3) is 6.23. The average Bonchev–Trinajstić information content (AvgIpc) is 3.38. The van der Waals surface area contributed by atoms with Crippen molar-refractivity contribution in [2.75, 3.05) is 18.4 Å². The first-order chi connectivity index (χ1) is 17.3. The number of anilines is 1. The van der Waals surface area contributed by atoms with E-state index in [-0.39, 0.29) is 28.0 Å². The van der Waals surface area contributed by atoms with Gasteiger partial charge in [-0.05, 0) is 67.3 Å². The van der Waals surface area contributed by atoms with E-state index in [1.54, 1.807) is 12.1 Å². The Hall–Kier alpha value is -2.97. The van der Waals surface area contributed by atoms with Crippen LogP contribution in [0, 0.1) is 10.1 Å². The van der Waals surface area contributed by atoms with Gasteiger partial charge in [-0.3, -0.25) is 20.0 Å². The van der Waals surface area contributed by atoms with Gasteiger partial charge in [0.05, 0.1) is 11.5 Å². The summed E-state index contributed by atoms with van der Waals surface area (Å²) < 4.78 is 28.0. The number of nitro groups is 1. The smallest absolute Gasteiger partial charge is 0.269 e. The second-order valence-corrected chi connectivity index (χ2v) is 12.2. The Labute approximate surface area is 217 Å². The van der Waals surface area contributed by atoms with Gasteiger partial charge in [-0.15, -0.1) is 11.3 Å². The number of rotatable bonds is 9. The van der Waals surface area contributed by atoms with E-state index >= 15 is 0 Å². The van der Waals surface area contributed by atoms with Gasteiger partial charge in [0.25, 0.3) is 21.6 Å². The van der Waals surface area contributed by atoms with Crippen molar-refractivity contribution in [1.82, 2.24) is 9.62 Å². The molecule has 2 aromatic carbocycles. The zero-order valence-electron chi connectivity index (χ0n) is 19.1. The normalized spacial score (nSPS) is 14.9. The van der Waals surface area contributed by atoms with Crippen molar-refractivity contribution in [3.05, 3.63) is 81.2 Å². The lowest BCUT2D eigenvalue weighted by Crippen LogP contribution is -2.42. The first-order valence-corrected chi connectivity index (χ1v) is 14.2. The molecule has 10 nitrogen and oxygen atoms in total. The highest BCUT2D eigenvalue weighted by Crippen LogP contribution is 2.28. The number of nitrogens with one attached hydrogen (secondary N) is 2. The first-order valence-electron chi connectivity index (χ1n) is 11.1. The van der Waals surface area contributed by atoms with Crippen LogP contribution in [-0.4, -0.2) is 42.7 Å². The van der Waals surface area contributed by atoms with E-state index in [0.717, 1.165) is 21.9 Å². The molecule has 1 amide bonds. The molecule has 1 aliphatic rings. The molecule has 4 rings (SSSR count). The van der Waals surface area contributed by atoms with Crippen LogP contribution in [0.3, 0.4) is 0 Å². The van der Waals surface area contributed by atoms with Crippen molar-refractivity contribution in [3.8, 4) is 0 Å². The molecule has 13 heteroatoms. The number of carbonyl (C=O) groups is 1. The van der Waals surface area contributed by atoms with Gasteiger partial charge in [-0.1, -0.05) is 6.07 Å². The summed E-state index contributed by atoms with van der Waals surface area (Å²) >= 11 is 2.30. The van der Waals surface area contributed by atoms with Gasteiger partial charge in [0, 0.05) is 52.3 Å². The minimum Gasteiger partial charge on any atom is -0.382 e. The Morgan fingerprint density at radius 1 is 1.14 bits per heavy atom. The van der Waals surface area contributed by atoms with Crippen LogP contribution in [0.25, 0.3) is 0 Å². The predicted octanol–water partition coefficient (Wildman–Crippen LogP) is 3.82. The third-order valence-corrected chi connectivity index (χ3v) is 9.77. The van der Waals surface area contributed by atoms with E-state index in [2.05, 4.69) is 10.6 Å². The summed E-state index contributed by atoms with van der Waals surface area (Å²) in [7, 11) is -3.62. The van der Waals surface area contributed by atoms with Crippen LogP contribution in [0.4, 0.5) is 11.4 Å². The minimum atomic E-state index is -3.62. The number of sulfonamides is 1. The number of nitrogens with zero attached hydrogens (tertiary/aromatic N) is 2. The Morgan fingerprint density at radius 2 is 1.86 bits per heavy atom. The third-order valence-electron chi connectivity index (χ3n) is 5.79. The Balaban J connectivity index is 1.30. The standard InChI is InChI=1S/C23H25N5O5S3/c24-35-20-3-1-2-18(14-20)26-17-10-12-27(13-11-17)36(32,33)22-9-8-21(34-22)15-25-23(29)16-4-6-19(7-5-16)28(30)31/h1-9,14,17,26H,10-13,15,24H2,(H,25,29). The summed E-state index contributed by atoms with van der Waals surface area (Å²) in [6.45, 7) is 0.979. The predicted molar refractivity (Wildman–Crippen MR) is 140 cm³/mol. The van der Waals surface area contributed by atoms with Crippen molar-refractivity contribution in [2.24, 2.45) is 5.14 Å². The molecule has 0 spiro atoms. The highest BCUT2D eigenvalue weighted by Gasteiger charge is 2.30. The average molecular weight is 548 g/mol. The van der Waals surface area contributed by atoms with Gasteiger partial charge in [0.1, 0.15) is 4.21 Å². The Kier molecular flexibility index (Phi) is 8.26. The number of piperidine rings is 1. The van der Waals surface area contributed by atoms with Crippen LogP contribution in [0.1, 0.15) is 28.1 Å². The molecule has 0 radical (unpaired) electrons. The van der Waals surface area contributed by atoms with Crippen LogP contribution >= 0.6 is 23.3 Å². The Bertz CT molecular complexity index is 1340. The fourth-order valence-corrected chi connectivity index (χ4v) is 7.13. The molecule has 0 atom stereocenters. The zero-order chi connectivity index (χ0) is 25.7. The number of benzene rings is 2. The number of nitrogens with two attached hydrogens (primary N) is 1. The van der Waals surface area contributed by atoms with Crippen LogP contribution < -0.4 is 15.8 Å². The monoisotopic (exact) mass is 547 g/mol. The number of amides is 1. The number of hydrogen-bond donors (Lipinski definition) is 3. The number of thiophene rings is 1. The van der Waals surface area contributed by atoms with Crippen LogP contribution in [-0.2, 0) is 16.6 Å². The van der Waals surface area contributed by atoms with E-state index in [0.29, 0.717) is 30.8 Å². The fraction of sp³-hybridized carbons (Fsp3) is 0.261. The first kappa shape index (κ1) is 26.1. The molecule has 1 aromatic heterocycles. The molecular formula is C23H25N5O5S3. The molecular weight excluding hydrogens is 522 g/mol. The molecule has 3 aromatic rings. The number of hydrogen-bond acceptors (Lipinski definition) is 9. The highest BCUT2D eigenvalue weighted by atomic mass is 32.2. The van der Waals surface area contributed by atoms with E-state index in [9.17, 15) is 23.3 Å². The molecule has 1 fully saturated rings. The van der Waals surface area contributed by atoms with E-state index < -0.39 is 20.9 Å². The van der Waals surface area contributed by atoms with Crippen molar-refractivity contribution >= 4 is 50.6 Å². The summed E-state index contributed by atoms with van der Waals surface area (Å²) in [6, 6.07) is 16.5. The second-order valence-electron chi connectivity index (χ2n) is 8.18. The van der Waals surface area contributed by atoms with Crippen molar-refractivity contribution in [1.29, 1.82) is 0 Å². The van der Waals surface area contributed by atoms with Gasteiger partial charge in [-0.25, -0.2) is 8.42 Å². The Morgan fingerprint density at radius 3 is 2.53 bits per heavy atom. The topological polar surface area (TPSA) is 148 Å². The largest absolute Gasteiger partial charge is 0.382 e. The summed E-state index contributed by atoms with van der Waals surface area (Å²) in [6.07, 6.45) is 1.37. The summed E-state index contributed by atoms with van der Waals surface area (Å²) in [5.41, 5.74) is 1.15. The van der Waals surface area contributed by atoms with Gasteiger partial charge in [0.15, 0.2) is 0 Å². The maximum Gasteiger partial charge on any atom is 0.269 e. The minimum absolute atomic E-state index is 0.0978. The molecule has 190 valence electrons. The maximum atomic E-state index is 13.2. The van der Waals surface area contributed by atoms with E-state index in [1.165, 1.54) is 40.5 Å². The molecule has 0 unspecified atom stereocenters. The van der Waals surface area contributed by atoms with Crippen molar-refractivity contribution in [3.63, 3.8) is 0 Å². The molecule has 0 bridgehead atoms. The van der Waals surface area contributed by atoms with Crippen molar-refractivity contribution in [2.45, 2.75) is 34.5 Å². The number of non-ortho nitro benzene ring substituents is 1. The summed E-state index contributed by atoms with van der Waals surface area (Å²) in [5.74, 6) is -0.395. The molecule has 0 aliphatic carbocycles. The lowest BCUT2D eigenvalue weighted by Gasteiger charge is -2.31. The van der Waals surface area contributed by atoms with E-state index in [4.69, 9.17) is 5.14 Å². The second kappa shape index (κ2) is 11.4.